The van der Waals surface area contributed by atoms with Gasteiger partial charge in [0.1, 0.15) is 0 Å². The first-order valence-corrected chi connectivity index (χ1v) is 7.29. The van der Waals surface area contributed by atoms with E-state index in [4.69, 9.17) is 4.74 Å². The molecular weight excluding hydrogens is 212 g/mol. The Hall–Kier alpha value is -0.120. The van der Waals surface area contributed by atoms with Gasteiger partial charge in [-0.1, -0.05) is 20.3 Å². The van der Waals surface area contributed by atoms with Gasteiger partial charge < -0.3 is 10.1 Å². The molecular formula is C14H28N2O. The lowest BCUT2D eigenvalue weighted by Crippen LogP contribution is -2.50. The third-order valence-corrected chi connectivity index (χ3v) is 4.63. The molecule has 4 atom stereocenters. The minimum absolute atomic E-state index is 0.399. The van der Waals surface area contributed by atoms with E-state index in [9.17, 15) is 0 Å². The molecule has 0 aliphatic carbocycles. The molecule has 0 aromatic carbocycles. The van der Waals surface area contributed by atoms with Gasteiger partial charge in [0.05, 0.1) is 12.7 Å². The molecule has 1 N–H and O–H groups in total. The van der Waals surface area contributed by atoms with Crippen LogP contribution in [0.5, 0.6) is 0 Å². The van der Waals surface area contributed by atoms with Gasteiger partial charge in [-0.05, 0) is 32.2 Å². The molecule has 2 aliphatic rings. The summed E-state index contributed by atoms with van der Waals surface area (Å²) in [5.41, 5.74) is 0. The molecule has 3 heteroatoms. The van der Waals surface area contributed by atoms with Crippen LogP contribution in [0.4, 0.5) is 0 Å². The molecule has 2 aliphatic heterocycles. The van der Waals surface area contributed by atoms with E-state index < -0.39 is 0 Å². The van der Waals surface area contributed by atoms with E-state index in [-0.39, 0.29) is 0 Å². The number of morpholine rings is 1. The van der Waals surface area contributed by atoms with Gasteiger partial charge in [0.15, 0.2) is 0 Å². The molecule has 2 rings (SSSR count). The second-order valence-corrected chi connectivity index (χ2v) is 5.83. The van der Waals surface area contributed by atoms with Crippen LogP contribution in [0.2, 0.25) is 0 Å². The van der Waals surface area contributed by atoms with Crippen LogP contribution in [0.3, 0.4) is 0 Å². The van der Waals surface area contributed by atoms with Crippen LogP contribution in [0.15, 0.2) is 0 Å². The summed E-state index contributed by atoms with van der Waals surface area (Å²) in [5, 5.41) is 3.63. The van der Waals surface area contributed by atoms with Crippen molar-refractivity contribution in [3.05, 3.63) is 0 Å². The molecule has 0 saturated carbocycles. The Labute approximate surface area is 106 Å². The smallest absolute Gasteiger partial charge is 0.0827 e. The van der Waals surface area contributed by atoms with Crippen LogP contribution < -0.4 is 5.32 Å². The summed E-state index contributed by atoms with van der Waals surface area (Å²) in [6.07, 6.45) is 4.34. The van der Waals surface area contributed by atoms with Crippen LogP contribution in [-0.2, 0) is 4.74 Å². The van der Waals surface area contributed by atoms with Gasteiger partial charge in [-0.3, -0.25) is 4.90 Å². The van der Waals surface area contributed by atoms with E-state index in [1.165, 1.54) is 25.8 Å². The number of nitrogens with zero attached hydrogens (tertiary/aromatic N) is 1. The monoisotopic (exact) mass is 240 g/mol. The fourth-order valence-corrected chi connectivity index (χ4v) is 2.88. The summed E-state index contributed by atoms with van der Waals surface area (Å²) >= 11 is 0. The Morgan fingerprint density at radius 1 is 1.41 bits per heavy atom. The number of nitrogens with one attached hydrogen (secondary N) is 1. The summed E-state index contributed by atoms with van der Waals surface area (Å²) in [5.74, 6) is 0.748. The number of rotatable bonds is 5. The lowest BCUT2D eigenvalue weighted by atomic mass is 10.0. The number of fused-ring (bicyclic) bond motifs is 1. The third-order valence-electron chi connectivity index (χ3n) is 4.63. The van der Waals surface area contributed by atoms with E-state index in [2.05, 4.69) is 31.0 Å². The molecule has 0 radical (unpaired) electrons. The molecule has 2 fully saturated rings. The second kappa shape index (κ2) is 6.17. The standard InChI is InChI=1S/C14H28N2O/c1-4-11(2)12(3)15-8-14-9-16-7-5-6-13(16)10-17-14/h11-15H,4-10H2,1-3H3. The molecule has 2 heterocycles. The van der Waals surface area contributed by atoms with Gasteiger partial charge in [0, 0.05) is 25.2 Å². The first-order chi connectivity index (χ1) is 8.20. The van der Waals surface area contributed by atoms with Gasteiger partial charge in [0.2, 0.25) is 0 Å². The van der Waals surface area contributed by atoms with Crippen LogP contribution in [0.25, 0.3) is 0 Å². The molecule has 2 saturated heterocycles. The molecule has 0 aromatic rings. The predicted octanol–water partition coefficient (Wildman–Crippen LogP) is 1.87. The molecule has 0 spiro atoms. The van der Waals surface area contributed by atoms with Crippen molar-refractivity contribution in [3.63, 3.8) is 0 Å². The molecule has 3 nitrogen and oxygen atoms in total. The highest BCUT2D eigenvalue weighted by Crippen LogP contribution is 2.22. The SMILES string of the molecule is CCC(C)C(C)NCC1CN2CCCC2CO1. The Morgan fingerprint density at radius 2 is 2.24 bits per heavy atom. The van der Waals surface area contributed by atoms with Crippen molar-refractivity contribution >= 4 is 0 Å². The second-order valence-electron chi connectivity index (χ2n) is 5.83. The number of hydrogen-bond donors (Lipinski definition) is 1. The Morgan fingerprint density at radius 3 is 3.00 bits per heavy atom. The minimum Gasteiger partial charge on any atom is -0.374 e. The van der Waals surface area contributed by atoms with Crippen molar-refractivity contribution in [2.24, 2.45) is 5.92 Å². The van der Waals surface area contributed by atoms with E-state index >= 15 is 0 Å². The van der Waals surface area contributed by atoms with E-state index in [0.717, 1.165) is 31.7 Å². The van der Waals surface area contributed by atoms with E-state index in [0.29, 0.717) is 12.1 Å². The first-order valence-electron chi connectivity index (χ1n) is 7.29. The zero-order valence-corrected chi connectivity index (χ0v) is 11.6. The Bertz CT molecular complexity index is 234. The molecule has 4 unspecified atom stereocenters. The maximum absolute atomic E-state index is 5.95. The average Bonchev–Trinajstić information content (AvgIpc) is 2.82. The predicted molar refractivity (Wildman–Crippen MR) is 71.3 cm³/mol. The number of ether oxygens (including phenoxy) is 1. The van der Waals surface area contributed by atoms with Crippen LogP contribution >= 0.6 is 0 Å². The van der Waals surface area contributed by atoms with Crippen LogP contribution in [-0.4, -0.2) is 49.3 Å². The van der Waals surface area contributed by atoms with Crippen LogP contribution in [0.1, 0.15) is 40.0 Å². The van der Waals surface area contributed by atoms with Gasteiger partial charge >= 0.3 is 0 Å². The lowest BCUT2D eigenvalue weighted by Gasteiger charge is -2.36. The average molecular weight is 240 g/mol. The van der Waals surface area contributed by atoms with Crippen molar-refractivity contribution in [3.8, 4) is 0 Å². The summed E-state index contributed by atoms with van der Waals surface area (Å²) < 4.78 is 5.95. The minimum atomic E-state index is 0.399. The normalized spacial score (nSPS) is 33.4. The van der Waals surface area contributed by atoms with E-state index in [1.54, 1.807) is 0 Å². The highest BCUT2D eigenvalue weighted by Gasteiger charge is 2.32. The van der Waals surface area contributed by atoms with Gasteiger partial charge in [-0.25, -0.2) is 0 Å². The fourth-order valence-electron chi connectivity index (χ4n) is 2.88. The Kier molecular flexibility index (Phi) is 4.83. The van der Waals surface area contributed by atoms with E-state index in [1.807, 2.05) is 0 Å². The van der Waals surface area contributed by atoms with Crippen molar-refractivity contribution in [1.82, 2.24) is 10.2 Å². The van der Waals surface area contributed by atoms with Crippen molar-refractivity contribution in [1.29, 1.82) is 0 Å². The maximum Gasteiger partial charge on any atom is 0.0827 e. The fraction of sp³-hybridized carbons (Fsp3) is 1.00. The summed E-state index contributed by atoms with van der Waals surface area (Å²) in [6.45, 7) is 11.2. The third kappa shape index (κ3) is 3.43. The molecule has 0 amide bonds. The van der Waals surface area contributed by atoms with Gasteiger partial charge in [0.25, 0.3) is 0 Å². The largest absolute Gasteiger partial charge is 0.374 e. The first kappa shape index (κ1) is 13.3. The number of hydrogen-bond acceptors (Lipinski definition) is 3. The molecule has 0 bridgehead atoms. The van der Waals surface area contributed by atoms with Crippen molar-refractivity contribution < 1.29 is 4.74 Å². The van der Waals surface area contributed by atoms with Crippen molar-refractivity contribution in [2.75, 3.05) is 26.2 Å². The zero-order chi connectivity index (χ0) is 12.3. The quantitative estimate of drug-likeness (QED) is 0.794. The zero-order valence-electron chi connectivity index (χ0n) is 11.6. The summed E-state index contributed by atoms with van der Waals surface area (Å²) in [6, 6.07) is 1.32. The maximum atomic E-state index is 5.95. The molecule has 0 aromatic heterocycles. The Balaban J connectivity index is 1.69. The highest BCUT2D eigenvalue weighted by molar-refractivity contribution is 4.86. The van der Waals surface area contributed by atoms with Gasteiger partial charge in [-0.2, -0.15) is 0 Å². The highest BCUT2D eigenvalue weighted by atomic mass is 16.5. The lowest BCUT2D eigenvalue weighted by molar-refractivity contribution is -0.0481. The summed E-state index contributed by atoms with van der Waals surface area (Å²) in [7, 11) is 0. The van der Waals surface area contributed by atoms with Crippen LogP contribution in [0, 0.1) is 5.92 Å². The summed E-state index contributed by atoms with van der Waals surface area (Å²) in [4.78, 5) is 2.61. The molecule has 100 valence electrons. The molecule has 17 heavy (non-hydrogen) atoms. The topological polar surface area (TPSA) is 24.5 Å². The van der Waals surface area contributed by atoms with Crippen molar-refractivity contribution in [2.45, 2.75) is 58.2 Å². The van der Waals surface area contributed by atoms with Gasteiger partial charge in [-0.15, -0.1) is 0 Å².